The number of amides is 1. The predicted molar refractivity (Wildman–Crippen MR) is 112 cm³/mol. The van der Waals surface area contributed by atoms with Crippen LogP contribution in [0.25, 0.3) is 16.7 Å². The van der Waals surface area contributed by atoms with E-state index in [0.717, 1.165) is 27.8 Å². The van der Waals surface area contributed by atoms with Crippen LogP contribution in [-0.4, -0.2) is 17.9 Å². The van der Waals surface area contributed by atoms with Gasteiger partial charge in [-0.15, -0.1) is 0 Å². The molecule has 0 aliphatic carbocycles. The number of nitrogens with one attached hydrogen (secondary N) is 1. The maximum Gasteiger partial charge on any atom is 0.313 e. The van der Waals surface area contributed by atoms with Crippen LogP contribution in [0, 0.1) is 19.8 Å². The maximum atomic E-state index is 12.7. The molecule has 2 aromatic rings. The average molecular weight is 398 g/mol. The number of rotatable bonds is 4. The fourth-order valence-corrected chi connectivity index (χ4v) is 3.56. The van der Waals surface area contributed by atoms with Gasteiger partial charge in [-0.3, -0.25) is 9.59 Å². The number of halogens is 1. The van der Waals surface area contributed by atoms with Crippen molar-refractivity contribution < 1.29 is 14.3 Å². The summed E-state index contributed by atoms with van der Waals surface area (Å²) in [5.74, 6) is -0.436. The van der Waals surface area contributed by atoms with Gasteiger partial charge < -0.3 is 10.1 Å². The molecule has 2 aromatic carbocycles. The molecule has 146 valence electrons. The van der Waals surface area contributed by atoms with Crippen LogP contribution in [0.4, 0.5) is 0 Å². The number of benzene rings is 2. The van der Waals surface area contributed by atoms with Gasteiger partial charge in [-0.25, -0.2) is 0 Å². The molecule has 0 bridgehead atoms. The summed E-state index contributed by atoms with van der Waals surface area (Å²) < 4.78 is 5.60. The Hall–Kier alpha value is -2.59. The van der Waals surface area contributed by atoms with Crippen LogP contribution in [0.3, 0.4) is 0 Å². The first-order chi connectivity index (χ1) is 13.2. The van der Waals surface area contributed by atoms with Crippen LogP contribution in [-0.2, 0) is 14.3 Å². The van der Waals surface area contributed by atoms with E-state index in [1.54, 1.807) is 13.8 Å². The highest BCUT2D eigenvalue weighted by Crippen LogP contribution is 2.35. The number of hydrogen-bond donors (Lipinski definition) is 1. The number of esters is 1. The van der Waals surface area contributed by atoms with Crippen LogP contribution in [0.2, 0.25) is 5.02 Å². The Morgan fingerprint density at radius 1 is 1.07 bits per heavy atom. The lowest BCUT2D eigenvalue weighted by atomic mass is 9.90. The van der Waals surface area contributed by atoms with Gasteiger partial charge in [0.2, 0.25) is 0 Å². The molecule has 4 nitrogen and oxygen atoms in total. The molecule has 1 amide bonds. The Kier molecular flexibility index (Phi) is 5.61. The number of ether oxygens (including phenoxy) is 1. The van der Waals surface area contributed by atoms with Crippen molar-refractivity contribution in [2.24, 2.45) is 5.92 Å². The summed E-state index contributed by atoms with van der Waals surface area (Å²) in [4.78, 5) is 24.8. The molecule has 28 heavy (non-hydrogen) atoms. The third kappa shape index (κ3) is 3.83. The maximum absolute atomic E-state index is 12.7. The Balaban J connectivity index is 2.10. The highest BCUT2D eigenvalue weighted by atomic mass is 35.5. The molecule has 1 atom stereocenters. The van der Waals surface area contributed by atoms with Crippen LogP contribution < -0.4 is 5.32 Å². The second-order valence-corrected chi connectivity index (χ2v) is 7.94. The van der Waals surface area contributed by atoms with Gasteiger partial charge in [0.15, 0.2) is 0 Å². The second-order valence-electron chi connectivity index (χ2n) is 7.50. The molecule has 5 heteroatoms. The van der Waals surface area contributed by atoms with E-state index in [0.29, 0.717) is 16.4 Å². The van der Waals surface area contributed by atoms with E-state index in [2.05, 4.69) is 5.32 Å². The lowest BCUT2D eigenvalue weighted by molar-refractivity contribution is -0.143. The van der Waals surface area contributed by atoms with E-state index >= 15 is 0 Å². The van der Waals surface area contributed by atoms with E-state index in [4.69, 9.17) is 16.3 Å². The fourth-order valence-electron chi connectivity index (χ4n) is 3.43. The van der Waals surface area contributed by atoms with Gasteiger partial charge in [0, 0.05) is 5.02 Å². The van der Waals surface area contributed by atoms with Gasteiger partial charge in [-0.2, -0.15) is 0 Å². The molecule has 0 fully saturated rings. The fraction of sp³-hybridized carbons (Fsp3) is 0.304. The molecule has 0 spiro atoms. The minimum Gasteiger partial charge on any atom is -0.428 e. The molecule has 0 saturated carbocycles. The van der Waals surface area contributed by atoms with Crippen molar-refractivity contribution in [3.63, 3.8) is 0 Å². The largest absolute Gasteiger partial charge is 0.428 e. The van der Waals surface area contributed by atoms with Crippen LogP contribution in [0.5, 0.6) is 0 Å². The Morgan fingerprint density at radius 2 is 1.64 bits per heavy atom. The van der Waals surface area contributed by atoms with Gasteiger partial charge in [-0.1, -0.05) is 49.7 Å². The van der Waals surface area contributed by atoms with Gasteiger partial charge in [0.1, 0.15) is 5.76 Å². The molecule has 0 aromatic heterocycles. The third-order valence-corrected chi connectivity index (χ3v) is 5.11. The lowest BCUT2D eigenvalue weighted by Crippen LogP contribution is -2.27. The quantitative estimate of drug-likeness (QED) is 0.734. The highest BCUT2D eigenvalue weighted by molar-refractivity contribution is 6.30. The molecule has 1 heterocycles. The Labute approximate surface area is 170 Å². The molecular weight excluding hydrogens is 374 g/mol. The first-order valence-corrected chi connectivity index (χ1v) is 9.71. The van der Waals surface area contributed by atoms with Crippen molar-refractivity contribution in [3.8, 4) is 11.1 Å². The van der Waals surface area contributed by atoms with E-state index in [1.807, 2.05) is 57.2 Å². The molecule has 1 aliphatic heterocycles. The number of hydrogen-bond acceptors (Lipinski definition) is 3. The van der Waals surface area contributed by atoms with Gasteiger partial charge in [0.25, 0.3) is 5.91 Å². The van der Waals surface area contributed by atoms with E-state index in [-0.39, 0.29) is 23.8 Å². The first kappa shape index (κ1) is 20.2. The van der Waals surface area contributed by atoms with Crippen molar-refractivity contribution in [1.29, 1.82) is 0 Å². The zero-order valence-electron chi connectivity index (χ0n) is 16.7. The molecule has 1 unspecified atom stereocenters. The summed E-state index contributed by atoms with van der Waals surface area (Å²) >= 11 is 5.99. The molecular formula is C23H24ClNO3. The van der Waals surface area contributed by atoms with Crippen molar-refractivity contribution in [2.45, 2.75) is 40.7 Å². The number of carbonyl (C=O) groups is 2. The molecule has 0 saturated heterocycles. The molecule has 1 N–H and O–H groups in total. The van der Waals surface area contributed by atoms with Crippen LogP contribution >= 0.6 is 11.6 Å². The summed E-state index contributed by atoms with van der Waals surface area (Å²) in [6, 6.07) is 11.4. The van der Waals surface area contributed by atoms with Crippen LogP contribution in [0.15, 0.2) is 42.2 Å². The summed E-state index contributed by atoms with van der Waals surface area (Å²) in [5, 5.41) is 3.55. The summed E-state index contributed by atoms with van der Waals surface area (Å²) in [7, 11) is 0. The van der Waals surface area contributed by atoms with Gasteiger partial charge >= 0.3 is 5.97 Å². The third-order valence-electron chi connectivity index (χ3n) is 4.86. The zero-order valence-corrected chi connectivity index (χ0v) is 17.5. The highest BCUT2D eigenvalue weighted by Gasteiger charge is 2.34. The average Bonchev–Trinajstić information content (AvgIpc) is 2.89. The van der Waals surface area contributed by atoms with E-state index in [1.165, 1.54) is 0 Å². The normalized spacial score (nSPS) is 16.5. The molecule has 0 radical (unpaired) electrons. The first-order valence-electron chi connectivity index (χ1n) is 9.33. The minimum atomic E-state index is -0.347. The smallest absolute Gasteiger partial charge is 0.313 e. The van der Waals surface area contributed by atoms with Crippen LogP contribution in [0.1, 0.15) is 37.5 Å². The minimum absolute atomic E-state index is 0.218. The van der Waals surface area contributed by atoms with Gasteiger partial charge in [-0.05, 0) is 60.7 Å². The van der Waals surface area contributed by atoms with Crippen molar-refractivity contribution >= 4 is 29.1 Å². The topological polar surface area (TPSA) is 55.4 Å². The standard InChI is InChI=1S/C23H24ClNO3/c1-12(2)23(27)28-21-15(5)25-22(26)20(21)19-13(3)10-17(11-14(19)4)16-6-8-18(24)9-7-16/h6-12,15H,1-5H3,(H,25,26). The monoisotopic (exact) mass is 397 g/mol. The van der Waals surface area contributed by atoms with Crippen molar-refractivity contribution in [1.82, 2.24) is 5.32 Å². The predicted octanol–water partition coefficient (Wildman–Crippen LogP) is 5.05. The summed E-state index contributed by atoms with van der Waals surface area (Å²) in [5.41, 5.74) is 5.24. The van der Waals surface area contributed by atoms with E-state index < -0.39 is 0 Å². The number of aryl methyl sites for hydroxylation is 2. The SMILES string of the molecule is Cc1cc(-c2ccc(Cl)cc2)cc(C)c1C1=C(OC(=O)C(C)C)C(C)NC1=O. The molecule has 3 rings (SSSR count). The van der Waals surface area contributed by atoms with E-state index in [9.17, 15) is 9.59 Å². The summed E-state index contributed by atoms with van der Waals surface area (Å²) in [6.07, 6.45) is 0. The number of carbonyl (C=O) groups excluding carboxylic acids is 2. The lowest BCUT2D eigenvalue weighted by Gasteiger charge is -2.16. The molecule has 1 aliphatic rings. The summed E-state index contributed by atoms with van der Waals surface area (Å²) in [6.45, 7) is 9.30. The zero-order chi connectivity index (χ0) is 20.6. The van der Waals surface area contributed by atoms with Crippen molar-refractivity contribution in [2.75, 3.05) is 0 Å². The Bertz CT molecular complexity index is 951. The van der Waals surface area contributed by atoms with Crippen molar-refractivity contribution in [3.05, 3.63) is 63.9 Å². The Morgan fingerprint density at radius 3 is 2.18 bits per heavy atom. The second kappa shape index (κ2) is 7.80. The van der Waals surface area contributed by atoms with Gasteiger partial charge in [0.05, 0.1) is 17.5 Å².